The predicted octanol–water partition coefficient (Wildman–Crippen LogP) is 6.04. The van der Waals surface area contributed by atoms with Gasteiger partial charge < -0.3 is 4.74 Å². The number of nitriles is 1. The molecule has 31 heavy (non-hydrogen) atoms. The van der Waals surface area contributed by atoms with Crippen LogP contribution in [-0.2, 0) is 9.53 Å². The van der Waals surface area contributed by atoms with Crippen molar-refractivity contribution in [2.45, 2.75) is 6.92 Å². The van der Waals surface area contributed by atoms with Crippen LogP contribution in [0.15, 0.2) is 67.3 Å². The van der Waals surface area contributed by atoms with Gasteiger partial charge in [-0.3, -0.25) is 9.59 Å². The number of Topliss-reactive ketones (excluding diaryl/α,β-unsaturated/α-hetero) is 2. The molecule has 0 atom stereocenters. The Bertz CT molecular complexity index is 965. The molecule has 0 bridgehead atoms. The van der Waals surface area contributed by atoms with Crippen LogP contribution in [0.1, 0.15) is 27.6 Å². The fraction of sp³-hybridized carbons (Fsp3) is 0.182. The van der Waals surface area contributed by atoms with Crippen molar-refractivity contribution in [1.29, 1.82) is 5.26 Å². The lowest BCUT2D eigenvalue weighted by atomic mass is 10.2. The quantitative estimate of drug-likeness (QED) is 0.146. The zero-order valence-electron chi connectivity index (χ0n) is 16.4. The molecular weight excluding hydrogens is 566 g/mol. The van der Waals surface area contributed by atoms with Crippen molar-refractivity contribution < 1.29 is 19.1 Å². The summed E-state index contributed by atoms with van der Waals surface area (Å²) >= 11 is 8.75. The Labute approximate surface area is 205 Å². The summed E-state index contributed by atoms with van der Waals surface area (Å²) in [6.45, 7) is 1.75. The molecule has 0 saturated carbocycles. The smallest absolute Gasteiger partial charge is 0.350 e. The second-order valence-corrected chi connectivity index (χ2v) is 9.99. The van der Waals surface area contributed by atoms with Gasteiger partial charge in [-0.15, -0.1) is 23.5 Å². The summed E-state index contributed by atoms with van der Waals surface area (Å²) in [6, 6.07) is 15.7. The summed E-state index contributed by atoms with van der Waals surface area (Å²) in [5.74, 6) is -1.05. The first-order chi connectivity index (χ1) is 14.8. The van der Waals surface area contributed by atoms with E-state index in [0.717, 1.165) is 32.5 Å². The third kappa shape index (κ3) is 7.96. The summed E-state index contributed by atoms with van der Waals surface area (Å²) in [6.07, 6.45) is 0. The van der Waals surface area contributed by atoms with Gasteiger partial charge >= 0.3 is 5.97 Å². The molecule has 0 radical (unpaired) electrons. The Morgan fingerprint density at radius 3 is 1.65 bits per heavy atom. The summed E-state index contributed by atoms with van der Waals surface area (Å²) in [7, 11) is 0. The van der Waals surface area contributed by atoms with Crippen molar-refractivity contribution in [3.05, 3.63) is 78.4 Å². The van der Waals surface area contributed by atoms with E-state index in [2.05, 4.69) is 31.9 Å². The van der Waals surface area contributed by atoms with E-state index in [4.69, 9.17) is 4.74 Å². The molecule has 0 N–H and O–H groups in total. The number of carbonyl (C=O) groups is 3. The fourth-order valence-electron chi connectivity index (χ4n) is 2.26. The van der Waals surface area contributed by atoms with Gasteiger partial charge in [0.05, 0.1) is 22.3 Å². The molecule has 160 valence electrons. The average molecular weight is 583 g/mol. The first-order valence-corrected chi connectivity index (χ1v) is 12.6. The van der Waals surface area contributed by atoms with Gasteiger partial charge in [-0.1, -0.05) is 56.1 Å². The number of carbonyl (C=O) groups excluding carboxylic acids is 3. The maximum atomic E-state index is 12.5. The summed E-state index contributed by atoms with van der Waals surface area (Å²) in [4.78, 5) is 37.3. The van der Waals surface area contributed by atoms with Crippen molar-refractivity contribution in [2.75, 3.05) is 18.1 Å². The molecule has 0 aromatic heterocycles. The van der Waals surface area contributed by atoms with Crippen LogP contribution >= 0.6 is 55.4 Å². The number of hydrogen-bond acceptors (Lipinski definition) is 7. The maximum Gasteiger partial charge on any atom is 0.350 e. The number of ether oxygens (including phenoxy) is 1. The van der Waals surface area contributed by atoms with E-state index < -0.39 is 5.97 Å². The van der Waals surface area contributed by atoms with Crippen molar-refractivity contribution in [3.63, 3.8) is 0 Å². The zero-order valence-corrected chi connectivity index (χ0v) is 21.2. The van der Waals surface area contributed by atoms with E-state index >= 15 is 0 Å². The number of nitrogens with zero attached hydrogens (tertiary/aromatic N) is 1. The Balaban J connectivity index is 2.17. The standard InChI is InChI=1S/C22H17Br2NO4S2/c1-2-29-21(28)18(11-25)22(30-12-19(26)14-3-7-16(23)8-4-14)31-13-20(27)15-5-9-17(24)10-6-15/h3-10H,2,12-13H2,1H3. The highest BCUT2D eigenvalue weighted by Gasteiger charge is 2.20. The Morgan fingerprint density at radius 2 is 1.29 bits per heavy atom. The molecule has 0 spiro atoms. The molecule has 9 heteroatoms. The molecule has 0 aliphatic rings. The molecule has 0 amide bonds. The van der Waals surface area contributed by atoms with E-state index in [-0.39, 0.29) is 39.5 Å². The second kappa shape index (κ2) is 12.9. The van der Waals surface area contributed by atoms with Crippen molar-refractivity contribution in [2.24, 2.45) is 0 Å². The number of ketones is 2. The van der Waals surface area contributed by atoms with Gasteiger partial charge in [0.2, 0.25) is 0 Å². The van der Waals surface area contributed by atoms with Crippen LogP contribution in [-0.4, -0.2) is 35.6 Å². The number of halogens is 2. The monoisotopic (exact) mass is 581 g/mol. The highest BCUT2D eigenvalue weighted by molar-refractivity contribution is 9.10. The van der Waals surface area contributed by atoms with Gasteiger partial charge in [0.25, 0.3) is 0 Å². The van der Waals surface area contributed by atoms with Crippen LogP contribution in [0, 0.1) is 11.3 Å². The molecule has 0 saturated heterocycles. The van der Waals surface area contributed by atoms with Crippen molar-refractivity contribution in [3.8, 4) is 6.07 Å². The Morgan fingerprint density at radius 1 is 0.871 bits per heavy atom. The average Bonchev–Trinajstić information content (AvgIpc) is 2.76. The summed E-state index contributed by atoms with van der Waals surface area (Å²) in [5.41, 5.74) is 0.824. The first kappa shape index (κ1) is 25.4. The van der Waals surface area contributed by atoms with Crippen LogP contribution in [0.5, 0.6) is 0 Å². The van der Waals surface area contributed by atoms with Gasteiger partial charge in [-0.25, -0.2) is 4.79 Å². The molecule has 2 aromatic rings. The van der Waals surface area contributed by atoms with E-state index in [1.54, 1.807) is 55.5 Å². The van der Waals surface area contributed by atoms with E-state index in [1.165, 1.54) is 0 Å². The number of hydrogen-bond donors (Lipinski definition) is 0. The van der Waals surface area contributed by atoms with Crippen LogP contribution in [0.2, 0.25) is 0 Å². The van der Waals surface area contributed by atoms with E-state index in [9.17, 15) is 19.6 Å². The minimum absolute atomic E-state index is 0.0149. The predicted molar refractivity (Wildman–Crippen MR) is 131 cm³/mol. The number of thioether (sulfide) groups is 2. The highest BCUT2D eigenvalue weighted by Crippen LogP contribution is 2.33. The lowest BCUT2D eigenvalue weighted by Crippen LogP contribution is -2.10. The molecule has 0 unspecified atom stereocenters. The molecule has 0 aliphatic heterocycles. The van der Waals surface area contributed by atoms with Gasteiger partial charge in [0, 0.05) is 20.1 Å². The number of esters is 1. The van der Waals surface area contributed by atoms with E-state index in [1.807, 2.05) is 6.07 Å². The van der Waals surface area contributed by atoms with Gasteiger partial charge in [-0.05, 0) is 31.2 Å². The molecule has 5 nitrogen and oxygen atoms in total. The molecule has 0 heterocycles. The minimum Gasteiger partial charge on any atom is -0.462 e. The third-order valence-corrected chi connectivity index (χ3v) is 7.31. The molecule has 2 rings (SSSR count). The largest absolute Gasteiger partial charge is 0.462 e. The van der Waals surface area contributed by atoms with Crippen LogP contribution < -0.4 is 0 Å². The Kier molecular flexibility index (Phi) is 10.5. The normalized spacial score (nSPS) is 10.1. The van der Waals surface area contributed by atoms with Gasteiger partial charge in [0.15, 0.2) is 17.1 Å². The molecule has 0 fully saturated rings. The van der Waals surface area contributed by atoms with E-state index in [0.29, 0.717) is 11.1 Å². The topological polar surface area (TPSA) is 84.2 Å². The van der Waals surface area contributed by atoms with Crippen molar-refractivity contribution in [1.82, 2.24) is 0 Å². The molecule has 0 aliphatic carbocycles. The number of rotatable bonds is 10. The van der Waals surface area contributed by atoms with Crippen LogP contribution in [0.4, 0.5) is 0 Å². The second-order valence-electron chi connectivity index (χ2n) is 5.93. The maximum absolute atomic E-state index is 12.5. The van der Waals surface area contributed by atoms with Gasteiger partial charge in [-0.2, -0.15) is 5.26 Å². The Hall–Kier alpha value is -1.86. The minimum atomic E-state index is -0.771. The lowest BCUT2D eigenvalue weighted by molar-refractivity contribution is -0.138. The van der Waals surface area contributed by atoms with Crippen LogP contribution in [0.25, 0.3) is 0 Å². The molecule has 2 aromatic carbocycles. The zero-order chi connectivity index (χ0) is 22.8. The van der Waals surface area contributed by atoms with Crippen molar-refractivity contribution >= 4 is 72.9 Å². The first-order valence-electron chi connectivity index (χ1n) is 9.00. The lowest BCUT2D eigenvalue weighted by Gasteiger charge is -2.10. The van der Waals surface area contributed by atoms with Crippen LogP contribution in [0.3, 0.4) is 0 Å². The third-order valence-electron chi connectivity index (χ3n) is 3.80. The number of benzene rings is 2. The highest BCUT2D eigenvalue weighted by atomic mass is 79.9. The summed E-state index contributed by atoms with van der Waals surface area (Å²) in [5, 5.41) is 9.50. The fourth-order valence-corrected chi connectivity index (χ4v) is 4.88. The van der Waals surface area contributed by atoms with Gasteiger partial charge in [0.1, 0.15) is 6.07 Å². The SMILES string of the molecule is CCOC(=O)C(C#N)=C(SCC(=O)c1ccc(Br)cc1)SCC(=O)c1ccc(Br)cc1. The molecular formula is C22H17Br2NO4S2. The summed E-state index contributed by atoms with van der Waals surface area (Å²) < 4.78 is 6.96.